The summed E-state index contributed by atoms with van der Waals surface area (Å²) in [4.78, 5) is 17.1. The van der Waals surface area contributed by atoms with E-state index in [9.17, 15) is 9.18 Å². The first-order chi connectivity index (χ1) is 6.16. The molecule has 0 aliphatic heterocycles. The van der Waals surface area contributed by atoms with Gasteiger partial charge in [-0.2, -0.15) is 0 Å². The van der Waals surface area contributed by atoms with E-state index in [-0.39, 0.29) is 5.82 Å². The number of aromatic nitrogens is 2. The summed E-state index contributed by atoms with van der Waals surface area (Å²) in [5, 5.41) is 0. The lowest BCUT2D eigenvalue weighted by atomic mass is 10.3. The van der Waals surface area contributed by atoms with Crippen molar-refractivity contribution in [2.45, 2.75) is 0 Å². The lowest BCUT2D eigenvalue weighted by Crippen LogP contribution is -2.13. The van der Waals surface area contributed by atoms with Gasteiger partial charge in [0.15, 0.2) is 5.82 Å². The Kier molecular flexibility index (Phi) is 1.51. The second kappa shape index (κ2) is 2.55. The van der Waals surface area contributed by atoms with Gasteiger partial charge in [0.1, 0.15) is 5.82 Å². The molecule has 0 spiro atoms. The summed E-state index contributed by atoms with van der Waals surface area (Å²) in [6.07, 6.45) is 0. The third kappa shape index (κ3) is 1.24. The van der Waals surface area contributed by atoms with Crippen LogP contribution in [0.15, 0.2) is 16.9 Å². The Hall–Kier alpha value is -1.91. The summed E-state index contributed by atoms with van der Waals surface area (Å²) < 4.78 is 12.7. The second-order valence-corrected chi connectivity index (χ2v) is 2.53. The molecule has 0 saturated heterocycles. The molecule has 3 N–H and O–H groups in total. The van der Waals surface area contributed by atoms with Crippen molar-refractivity contribution >= 4 is 16.9 Å². The van der Waals surface area contributed by atoms with Crippen molar-refractivity contribution in [3.8, 4) is 0 Å². The smallest absolute Gasteiger partial charge is 0.290 e. The van der Waals surface area contributed by atoms with Crippen molar-refractivity contribution in [1.82, 2.24) is 9.97 Å². The largest absolute Gasteiger partial charge is 0.379 e. The number of fused-ring (bicyclic) bond motifs is 1. The molecule has 5 heteroatoms. The Morgan fingerprint density at radius 3 is 3.15 bits per heavy atom. The van der Waals surface area contributed by atoms with Gasteiger partial charge in [0.05, 0.1) is 11.0 Å². The molecule has 0 aliphatic carbocycles. The highest BCUT2D eigenvalue weighted by atomic mass is 19.1. The van der Waals surface area contributed by atoms with Crippen LogP contribution in [0.5, 0.6) is 0 Å². The van der Waals surface area contributed by atoms with E-state index in [0.29, 0.717) is 11.0 Å². The highest BCUT2D eigenvalue weighted by Crippen LogP contribution is 2.08. The number of H-pyrrole nitrogens is 1. The Bertz CT molecular complexity index is 520. The van der Waals surface area contributed by atoms with Crippen LogP contribution in [0.2, 0.25) is 0 Å². The minimum atomic E-state index is -0.522. The molecule has 1 radical (unpaired) electrons. The Labute approximate surface area is 72.2 Å². The van der Waals surface area contributed by atoms with Gasteiger partial charge >= 0.3 is 0 Å². The van der Waals surface area contributed by atoms with Gasteiger partial charge in [0.25, 0.3) is 5.56 Å². The molecule has 1 aromatic heterocycles. The van der Waals surface area contributed by atoms with Crippen molar-refractivity contribution in [1.29, 1.82) is 0 Å². The number of rotatable bonds is 0. The predicted octanol–water partition coefficient (Wildman–Crippen LogP) is 0.445. The van der Waals surface area contributed by atoms with E-state index < -0.39 is 11.4 Å². The van der Waals surface area contributed by atoms with Crippen LogP contribution in [0.4, 0.5) is 10.2 Å². The Morgan fingerprint density at radius 1 is 1.62 bits per heavy atom. The van der Waals surface area contributed by atoms with E-state index in [4.69, 9.17) is 5.73 Å². The molecule has 0 aliphatic rings. The number of anilines is 1. The van der Waals surface area contributed by atoms with E-state index in [1.54, 1.807) is 0 Å². The van der Waals surface area contributed by atoms with E-state index in [1.165, 1.54) is 6.07 Å². The molecule has 0 bridgehead atoms. The second-order valence-electron chi connectivity index (χ2n) is 2.53. The average molecular weight is 178 g/mol. The van der Waals surface area contributed by atoms with Gasteiger partial charge in [-0.25, -0.2) is 9.37 Å². The van der Waals surface area contributed by atoms with Crippen LogP contribution in [0.1, 0.15) is 0 Å². The average Bonchev–Trinajstić information content (AvgIpc) is 2.08. The zero-order valence-corrected chi connectivity index (χ0v) is 6.47. The van der Waals surface area contributed by atoms with Crippen LogP contribution in [0.25, 0.3) is 11.0 Å². The fourth-order valence-corrected chi connectivity index (χ4v) is 1.01. The zero-order valence-electron chi connectivity index (χ0n) is 6.47. The van der Waals surface area contributed by atoms with Gasteiger partial charge < -0.3 is 10.7 Å². The fraction of sp³-hybridized carbons (Fsp3) is 0. The summed E-state index contributed by atoms with van der Waals surface area (Å²) in [6.45, 7) is 0. The van der Waals surface area contributed by atoms with Crippen molar-refractivity contribution in [3.05, 3.63) is 34.4 Å². The third-order valence-electron chi connectivity index (χ3n) is 1.60. The number of nitrogens with one attached hydrogen (secondary N) is 1. The normalized spacial score (nSPS) is 10.5. The van der Waals surface area contributed by atoms with Gasteiger partial charge in [-0.05, 0) is 12.1 Å². The number of nitrogens with zero attached hydrogens (tertiary/aromatic N) is 1. The molecular weight excluding hydrogens is 173 g/mol. The molecule has 1 heterocycles. The first-order valence-corrected chi connectivity index (χ1v) is 3.53. The summed E-state index contributed by atoms with van der Waals surface area (Å²) in [7, 11) is 0. The lowest BCUT2D eigenvalue weighted by molar-refractivity contribution is 0.629. The number of nitrogens with two attached hydrogens (primary N) is 1. The molecule has 13 heavy (non-hydrogen) atoms. The third-order valence-corrected chi connectivity index (χ3v) is 1.60. The molecule has 0 unspecified atom stereocenters. The van der Waals surface area contributed by atoms with Crippen molar-refractivity contribution in [2.75, 3.05) is 5.73 Å². The molecule has 2 rings (SSSR count). The van der Waals surface area contributed by atoms with Crippen molar-refractivity contribution < 1.29 is 4.39 Å². The first-order valence-electron chi connectivity index (χ1n) is 3.53. The van der Waals surface area contributed by atoms with E-state index >= 15 is 0 Å². The van der Waals surface area contributed by atoms with E-state index in [1.807, 2.05) is 0 Å². The molecular formula is C8H5FN3O. The van der Waals surface area contributed by atoms with Crippen molar-refractivity contribution in [2.24, 2.45) is 0 Å². The van der Waals surface area contributed by atoms with Crippen LogP contribution >= 0.6 is 0 Å². The van der Waals surface area contributed by atoms with Crippen LogP contribution in [-0.4, -0.2) is 9.97 Å². The summed E-state index contributed by atoms with van der Waals surface area (Å²) >= 11 is 0. The summed E-state index contributed by atoms with van der Waals surface area (Å²) in [5.41, 5.74) is 5.37. The van der Waals surface area contributed by atoms with Gasteiger partial charge in [-0.15, -0.1) is 0 Å². The van der Waals surface area contributed by atoms with Gasteiger partial charge in [-0.1, -0.05) is 0 Å². The zero-order chi connectivity index (χ0) is 9.42. The molecule has 0 fully saturated rings. The quantitative estimate of drug-likeness (QED) is 0.615. The number of hydrogen-bond donors (Lipinski definition) is 2. The predicted molar refractivity (Wildman–Crippen MR) is 45.6 cm³/mol. The standard InChI is InChI=1S/C8H5FN3O/c9-4-1-2-5-6(3-4)12-8(13)7(10)11-5/h1,3H,(H2,10,11)(H,12,13). The maximum Gasteiger partial charge on any atom is 0.290 e. The molecule has 2 aromatic rings. The van der Waals surface area contributed by atoms with Crippen LogP contribution in [0.3, 0.4) is 0 Å². The number of aromatic amines is 1. The van der Waals surface area contributed by atoms with E-state index in [2.05, 4.69) is 16.0 Å². The minimum Gasteiger partial charge on any atom is -0.379 e. The minimum absolute atomic E-state index is 0.143. The maximum atomic E-state index is 12.7. The SMILES string of the molecule is Nc1nc2[c]cc(F)cc2[nH]c1=O. The maximum absolute atomic E-state index is 12.7. The number of benzene rings is 1. The monoisotopic (exact) mass is 178 g/mol. The first kappa shape index (κ1) is 7.72. The summed E-state index contributed by atoms with van der Waals surface area (Å²) in [6, 6.07) is 4.85. The van der Waals surface area contributed by atoms with Crippen molar-refractivity contribution in [3.63, 3.8) is 0 Å². The van der Waals surface area contributed by atoms with Gasteiger partial charge in [-0.3, -0.25) is 4.79 Å². The van der Waals surface area contributed by atoms with E-state index in [0.717, 1.165) is 6.07 Å². The Morgan fingerprint density at radius 2 is 2.38 bits per heavy atom. The highest BCUT2D eigenvalue weighted by Gasteiger charge is 2.01. The molecule has 0 atom stereocenters. The topological polar surface area (TPSA) is 71.8 Å². The number of halogens is 1. The van der Waals surface area contributed by atoms with Gasteiger partial charge in [0.2, 0.25) is 0 Å². The van der Waals surface area contributed by atoms with Crippen LogP contribution < -0.4 is 11.3 Å². The molecule has 0 saturated carbocycles. The fourth-order valence-electron chi connectivity index (χ4n) is 1.01. The number of nitrogen functional groups attached to an aromatic ring is 1. The highest BCUT2D eigenvalue weighted by molar-refractivity contribution is 5.74. The van der Waals surface area contributed by atoms with Gasteiger partial charge in [0, 0.05) is 6.07 Å². The molecule has 4 nitrogen and oxygen atoms in total. The molecule has 65 valence electrons. The Balaban J connectivity index is 2.89. The lowest BCUT2D eigenvalue weighted by Gasteiger charge is -1.96. The molecule has 0 amide bonds. The number of hydrogen-bond acceptors (Lipinski definition) is 3. The van der Waals surface area contributed by atoms with Crippen LogP contribution in [-0.2, 0) is 0 Å². The van der Waals surface area contributed by atoms with Crippen LogP contribution in [0, 0.1) is 11.9 Å². The summed E-state index contributed by atoms with van der Waals surface area (Å²) in [5.74, 6) is -0.620. The molecule has 1 aromatic carbocycles.